The molecule has 0 amide bonds. The molecule has 1 aromatic heterocycles. The van der Waals surface area contributed by atoms with Crippen molar-refractivity contribution in [2.75, 3.05) is 31.7 Å². The molecular formula is C19H22F4N4O4. The zero-order valence-corrected chi connectivity index (χ0v) is 16.7. The van der Waals surface area contributed by atoms with Gasteiger partial charge in [-0.15, -0.1) is 13.2 Å². The molecule has 3 N–H and O–H groups in total. The van der Waals surface area contributed by atoms with E-state index in [-0.39, 0.29) is 40.8 Å². The van der Waals surface area contributed by atoms with Gasteiger partial charge in [0.1, 0.15) is 11.2 Å². The van der Waals surface area contributed by atoms with E-state index < -0.39 is 36.1 Å². The van der Waals surface area contributed by atoms with Crippen molar-refractivity contribution in [2.24, 2.45) is 11.7 Å². The van der Waals surface area contributed by atoms with Gasteiger partial charge in [0.25, 0.3) is 5.56 Å². The predicted octanol–water partition coefficient (Wildman–Crippen LogP) is 1.86. The number of rotatable bonds is 6. The monoisotopic (exact) mass is 446 g/mol. The number of nitrogens with zero attached hydrogens (tertiary/aromatic N) is 2. The number of fused-ring (bicyclic) bond motifs is 1. The Hall–Kier alpha value is -2.60. The van der Waals surface area contributed by atoms with Crippen LogP contribution in [0.15, 0.2) is 15.7 Å². The second-order valence-electron chi connectivity index (χ2n) is 7.91. The number of hydrogen-bond donors (Lipinski definition) is 2. The molecule has 2 aliphatic rings. The summed E-state index contributed by atoms with van der Waals surface area (Å²) >= 11 is 0. The lowest BCUT2D eigenvalue weighted by Gasteiger charge is -2.25. The number of anilines is 1. The molecule has 2 atom stereocenters. The minimum Gasteiger partial charge on any atom is -0.492 e. The van der Waals surface area contributed by atoms with Crippen molar-refractivity contribution in [1.29, 1.82) is 0 Å². The van der Waals surface area contributed by atoms with Gasteiger partial charge in [0.2, 0.25) is 0 Å². The molecule has 170 valence electrons. The van der Waals surface area contributed by atoms with E-state index in [1.165, 1.54) is 11.7 Å². The van der Waals surface area contributed by atoms with E-state index in [1.54, 1.807) is 4.90 Å². The Morgan fingerprint density at radius 3 is 2.61 bits per heavy atom. The van der Waals surface area contributed by atoms with Gasteiger partial charge < -0.3 is 15.4 Å². The first kappa shape index (κ1) is 21.6. The molecule has 1 saturated heterocycles. The molecular weight excluding hydrogens is 424 g/mol. The molecule has 2 fully saturated rings. The molecule has 1 aromatic carbocycles. The number of halogens is 4. The molecule has 2 heterocycles. The quantitative estimate of drug-likeness (QED) is 0.657. The van der Waals surface area contributed by atoms with Crippen molar-refractivity contribution in [1.82, 2.24) is 9.55 Å². The van der Waals surface area contributed by atoms with Crippen molar-refractivity contribution in [3.8, 4) is 5.75 Å². The molecule has 12 heteroatoms. The van der Waals surface area contributed by atoms with Crippen LogP contribution in [0.3, 0.4) is 0 Å². The van der Waals surface area contributed by atoms with E-state index in [1.807, 2.05) is 0 Å². The summed E-state index contributed by atoms with van der Waals surface area (Å²) in [5, 5.41) is -0.00405. The summed E-state index contributed by atoms with van der Waals surface area (Å²) in [7, 11) is 1.32. The fourth-order valence-electron chi connectivity index (χ4n) is 4.18. The topological polar surface area (TPSA) is 103 Å². The van der Waals surface area contributed by atoms with Crippen LogP contribution < -0.4 is 26.6 Å². The zero-order valence-electron chi connectivity index (χ0n) is 16.7. The summed E-state index contributed by atoms with van der Waals surface area (Å²) in [5.74, 6) is -1.05. The fourth-order valence-corrected chi connectivity index (χ4v) is 4.18. The van der Waals surface area contributed by atoms with Crippen molar-refractivity contribution in [3.05, 3.63) is 32.7 Å². The third kappa shape index (κ3) is 4.13. The molecule has 4 rings (SSSR count). The molecule has 0 radical (unpaired) electrons. The van der Waals surface area contributed by atoms with Gasteiger partial charge in [-0.1, -0.05) is 0 Å². The Labute approximate surface area is 173 Å². The Morgan fingerprint density at radius 2 is 2.00 bits per heavy atom. The van der Waals surface area contributed by atoms with E-state index in [0.29, 0.717) is 13.0 Å². The number of aromatic amines is 1. The summed E-state index contributed by atoms with van der Waals surface area (Å²) in [6, 6.07) is 0.0524. The van der Waals surface area contributed by atoms with Gasteiger partial charge in [0.05, 0.1) is 19.1 Å². The number of nitrogens with one attached hydrogen (secondary N) is 1. The Bertz CT molecular complexity index is 1110. The second kappa shape index (κ2) is 7.83. The number of alkyl halides is 3. The molecule has 0 spiro atoms. The highest BCUT2D eigenvalue weighted by Gasteiger charge is 2.36. The van der Waals surface area contributed by atoms with E-state index in [0.717, 1.165) is 18.9 Å². The average Bonchev–Trinajstić information content (AvgIpc) is 3.40. The minimum absolute atomic E-state index is 0.00405. The molecule has 1 aliphatic carbocycles. The number of benzene rings is 1. The van der Waals surface area contributed by atoms with Gasteiger partial charge in [-0.3, -0.25) is 19.1 Å². The van der Waals surface area contributed by atoms with Crippen LogP contribution in [0.4, 0.5) is 23.2 Å². The van der Waals surface area contributed by atoms with Gasteiger partial charge in [0.15, 0.2) is 11.6 Å². The molecule has 1 saturated carbocycles. The van der Waals surface area contributed by atoms with E-state index in [9.17, 15) is 22.8 Å². The first-order valence-electron chi connectivity index (χ1n) is 9.87. The summed E-state index contributed by atoms with van der Waals surface area (Å²) in [4.78, 5) is 28.6. The van der Waals surface area contributed by atoms with Crippen LogP contribution >= 0.6 is 0 Å². The maximum atomic E-state index is 15.1. The van der Waals surface area contributed by atoms with Crippen molar-refractivity contribution in [2.45, 2.75) is 37.7 Å². The van der Waals surface area contributed by atoms with E-state index in [2.05, 4.69) is 9.72 Å². The van der Waals surface area contributed by atoms with E-state index in [4.69, 9.17) is 10.5 Å². The summed E-state index contributed by atoms with van der Waals surface area (Å²) in [6.07, 6.45) is -2.86. The first-order valence-corrected chi connectivity index (χ1v) is 9.87. The predicted molar refractivity (Wildman–Crippen MR) is 104 cm³/mol. The van der Waals surface area contributed by atoms with E-state index >= 15 is 4.39 Å². The maximum absolute atomic E-state index is 15.1. The lowest BCUT2D eigenvalue weighted by atomic mass is 10.0. The Morgan fingerprint density at radius 1 is 1.29 bits per heavy atom. The van der Waals surface area contributed by atoms with Gasteiger partial charge in [-0.25, -0.2) is 9.18 Å². The number of methoxy groups -OCH3 is 1. The van der Waals surface area contributed by atoms with Gasteiger partial charge >= 0.3 is 12.1 Å². The molecule has 1 aliphatic heterocycles. The van der Waals surface area contributed by atoms with Crippen LogP contribution in [-0.2, 0) is 4.74 Å². The SMILES string of the molecule is COc1c(N2CCC(C(N)COC(F)(F)F)C2)c(F)cc2c(=O)[nH]c(=O)n(C3CC3)c12. The minimum atomic E-state index is -4.77. The summed E-state index contributed by atoms with van der Waals surface area (Å²) < 4.78 is 62.7. The van der Waals surface area contributed by atoms with Crippen LogP contribution in [0.2, 0.25) is 0 Å². The van der Waals surface area contributed by atoms with Crippen LogP contribution in [-0.4, -0.2) is 48.8 Å². The maximum Gasteiger partial charge on any atom is 0.522 e. The average molecular weight is 446 g/mol. The molecule has 0 bridgehead atoms. The highest BCUT2D eigenvalue weighted by atomic mass is 19.4. The molecule has 8 nitrogen and oxygen atoms in total. The number of ether oxygens (including phenoxy) is 2. The highest BCUT2D eigenvalue weighted by Crippen LogP contribution is 2.43. The number of H-pyrrole nitrogens is 1. The normalized spacial score (nSPS) is 20.5. The molecule has 31 heavy (non-hydrogen) atoms. The van der Waals surface area contributed by atoms with Crippen LogP contribution in [0.5, 0.6) is 5.75 Å². The summed E-state index contributed by atoms with van der Waals surface area (Å²) in [5.41, 5.74) is 4.83. The van der Waals surface area contributed by atoms with Crippen LogP contribution in [0, 0.1) is 11.7 Å². The Balaban J connectivity index is 1.72. The zero-order chi connectivity index (χ0) is 22.5. The van der Waals surface area contributed by atoms with Crippen molar-refractivity contribution >= 4 is 16.6 Å². The highest BCUT2D eigenvalue weighted by molar-refractivity contribution is 5.91. The lowest BCUT2D eigenvalue weighted by Crippen LogP contribution is -2.38. The number of aromatic nitrogens is 2. The third-order valence-corrected chi connectivity index (χ3v) is 5.81. The largest absolute Gasteiger partial charge is 0.522 e. The summed E-state index contributed by atoms with van der Waals surface area (Å²) in [6.45, 7) is -0.200. The van der Waals surface area contributed by atoms with Crippen molar-refractivity contribution < 1.29 is 27.0 Å². The van der Waals surface area contributed by atoms with Gasteiger partial charge in [-0.05, 0) is 31.2 Å². The van der Waals surface area contributed by atoms with Crippen LogP contribution in [0.25, 0.3) is 10.9 Å². The number of nitrogens with two attached hydrogens (primary N) is 1. The second-order valence-corrected chi connectivity index (χ2v) is 7.91. The van der Waals surface area contributed by atoms with Gasteiger partial charge in [0, 0.05) is 25.2 Å². The third-order valence-electron chi connectivity index (χ3n) is 5.81. The lowest BCUT2D eigenvalue weighted by molar-refractivity contribution is -0.326. The molecule has 2 aromatic rings. The van der Waals surface area contributed by atoms with Gasteiger partial charge in [-0.2, -0.15) is 0 Å². The van der Waals surface area contributed by atoms with Crippen molar-refractivity contribution in [3.63, 3.8) is 0 Å². The van der Waals surface area contributed by atoms with Crippen LogP contribution in [0.1, 0.15) is 25.3 Å². The fraction of sp³-hybridized carbons (Fsp3) is 0.579. The Kier molecular flexibility index (Phi) is 5.46. The number of hydrogen-bond acceptors (Lipinski definition) is 6. The molecule has 2 unspecified atom stereocenters. The first-order chi connectivity index (χ1) is 14.6. The standard InChI is InChI=1S/C19H22F4N4O4/c1-30-16-14-11(17(28)25-18(29)27(14)10-2-3-10)6-12(20)15(16)26-5-4-9(7-26)13(24)8-31-19(21,22)23/h6,9-10,13H,2-5,7-8,24H2,1H3,(H,25,28,29). The smallest absolute Gasteiger partial charge is 0.492 e.